The molecular formula is C10H14O2S. The standard InChI is InChI=1S/C10H14O2S/c1-7-5-8(6-13-7)9(11)10(2,3)12-4/h5-6H,1-4H3. The highest BCUT2D eigenvalue weighted by molar-refractivity contribution is 7.10. The maximum atomic E-state index is 11.8. The van der Waals surface area contributed by atoms with Gasteiger partial charge in [-0.25, -0.2) is 0 Å². The normalized spacial score (nSPS) is 11.7. The van der Waals surface area contributed by atoms with Crippen LogP contribution in [-0.2, 0) is 4.74 Å². The van der Waals surface area contributed by atoms with Crippen LogP contribution in [-0.4, -0.2) is 18.5 Å². The molecule has 1 rings (SSSR count). The Bertz CT molecular complexity index is 312. The number of thiophene rings is 1. The van der Waals surface area contributed by atoms with Crippen LogP contribution in [0.2, 0.25) is 0 Å². The van der Waals surface area contributed by atoms with Gasteiger partial charge in [-0.05, 0) is 26.8 Å². The van der Waals surface area contributed by atoms with Gasteiger partial charge in [-0.3, -0.25) is 4.79 Å². The quantitative estimate of drug-likeness (QED) is 0.698. The van der Waals surface area contributed by atoms with Gasteiger partial charge in [0.1, 0.15) is 5.60 Å². The van der Waals surface area contributed by atoms with E-state index in [9.17, 15) is 4.79 Å². The van der Waals surface area contributed by atoms with Crippen molar-refractivity contribution in [1.82, 2.24) is 0 Å². The van der Waals surface area contributed by atoms with Crippen LogP contribution < -0.4 is 0 Å². The molecule has 0 atom stereocenters. The van der Waals surface area contributed by atoms with Crippen LogP contribution in [0, 0.1) is 6.92 Å². The molecule has 3 heteroatoms. The van der Waals surface area contributed by atoms with Gasteiger partial charge in [0, 0.05) is 22.9 Å². The Labute approximate surface area is 82.5 Å². The number of Topliss-reactive ketones (excluding diaryl/α,β-unsaturated/α-hetero) is 1. The Kier molecular flexibility index (Phi) is 2.88. The molecule has 1 aromatic heterocycles. The largest absolute Gasteiger partial charge is 0.371 e. The van der Waals surface area contributed by atoms with E-state index < -0.39 is 5.60 Å². The van der Waals surface area contributed by atoms with Crippen LogP contribution in [0.5, 0.6) is 0 Å². The minimum absolute atomic E-state index is 0.0411. The summed E-state index contributed by atoms with van der Waals surface area (Å²) in [7, 11) is 1.55. The second-order valence-corrected chi connectivity index (χ2v) is 4.60. The topological polar surface area (TPSA) is 26.3 Å². The zero-order valence-electron chi connectivity index (χ0n) is 8.38. The molecule has 1 aromatic rings. The second-order valence-electron chi connectivity index (χ2n) is 3.49. The molecule has 0 spiro atoms. The molecule has 0 aliphatic carbocycles. The van der Waals surface area contributed by atoms with E-state index in [2.05, 4.69) is 0 Å². The number of ketones is 1. The molecule has 0 amide bonds. The summed E-state index contributed by atoms with van der Waals surface area (Å²) in [6.07, 6.45) is 0. The first-order valence-electron chi connectivity index (χ1n) is 4.12. The van der Waals surface area contributed by atoms with Gasteiger partial charge in [-0.2, -0.15) is 0 Å². The molecule has 0 fully saturated rings. The van der Waals surface area contributed by atoms with Crippen molar-refractivity contribution in [2.75, 3.05) is 7.11 Å². The predicted octanol–water partition coefficient (Wildman–Crippen LogP) is 2.66. The van der Waals surface area contributed by atoms with Gasteiger partial charge in [0.25, 0.3) is 0 Å². The van der Waals surface area contributed by atoms with E-state index in [1.807, 2.05) is 18.4 Å². The van der Waals surface area contributed by atoms with Gasteiger partial charge < -0.3 is 4.74 Å². The van der Waals surface area contributed by atoms with Gasteiger partial charge in [0.2, 0.25) is 0 Å². The third-order valence-electron chi connectivity index (χ3n) is 2.05. The van der Waals surface area contributed by atoms with Crippen LogP contribution >= 0.6 is 11.3 Å². The fourth-order valence-electron chi connectivity index (χ4n) is 1.00. The number of aryl methyl sites for hydroxylation is 1. The molecule has 0 radical (unpaired) electrons. The Balaban J connectivity index is 2.91. The fourth-order valence-corrected chi connectivity index (χ4v) is 1.69. The summed E-state index contributed by atoms with van der Waals surface area (Å²) in [5.74, 6) is 0.0411. The van der Waals surface area contributed by atoms with Crippen molar-refractivity contribution in [3.63, 3.8) is 0 Å². The molecule has 0 aliphatic heterocycles. The zero-order chi connectivity index (χ0) is 10.1. The molecule has 13 heavy (non-hydrogen) atoms. The van der Waals surface area contributed by atoms with E-state index in [0.717, 1.165) is 10.4 Å². The van der Waals surface area contributed by atoms with Crippen molar-refractivity contribution in [2.45, 2.75) is 26.4 Å². The maximum absolute atomic E-state index is 11.8. The van der Waals surface area contributed by atoms with E-state index in [1.54, 1.807) is 32.3 Å². The van der Waals surface area contributed by atoms with E-state index >= 15 is 0 Å². The molecule has 72 valence electrons. The fraction of sp³-hybridized carbons (Fsp3) is 0.500. The van der Waals surface area contributed by atoms with Crippen molar-refractivity contribution in [3.8, 4) is 0 Å². The highest BCUT2D eigenvalue weighted by Gasteiger charge is 2.28. The lowest BCUT2D eigenvalue weighted by Crippen LogP contribution is -2.33. The number of hydrogen-bond donors (Lipinski definition) is 0. The van der Waals surface area contributed by atoms with Gasteiger partial charge >= 0.3 is 0 Å². The molecule has 0 aromatic carbocycles. The predicted molar refractivity (Wildman–Crippen MR) is 54.5 cm³/mol. The van der Waals surface area contributed by atoms with Gasteiger partial charge in [0.05, 0.1) is 0 Å². The lowest BCUT2D eigenvalue weighted by atomic mass is 9.98. The second kappa shape index (κ2) is 3.60. The smallest absolute Gasteiger partial charge is 0.194 e. The van der Waals surface area contributed by atoms with Crippen LogP contribution in [0.15, 0.2) is 11.4 Å². The van der Waals surface area contributed by atoms with Crippen LogP contribution in [0.4, 0.5) is 0 Å². The molecule has 0 saturated heterocycles. The number of hydrogen-bond acceptors (Lipinski definition) is 3. The first-order valence-corrected chi connectivity index (χ1v) is 5.00. The molecule has 0 bridgehead atoms. The minimum atomic E-state index is -0.715. The van der Waals surface area contributed by atoms with Crippen LogP contribution in [0.1, 0.15) is 29.1 Å². The van der Waals surface area contributed by atoms with Gasteiger partial charge in [-0.15, -0.1) is 11.3 Å². The van der Waals surface area contributed by atoms with Gasteiger partial charge in [0.15, 0.2) is 5.78 Å². The summed E-state index contributed by atoms with van der Waals surface area (Å²) in [6, 6.07) is 1.90. The number of carbonyl (C=O) groups excluding carboxylic acids is 1. The highest BCUT2D eigenvalue weighted by atomic mass is 32.1. The van der Waals surface area contributed by atoms with E-state index in [0.29, 0.717) is 0 Å². The summed E-state index contributed by atoms with van der Waals surface area (Å²) in [4.78, 5) is 12.9. The summed E-state index contributed by atoms with van der Waals surface area (Å²) < 4.78 is 5.12. The lowest BCUT2D eigenvalue weighted by molar-refractivity contribution is 0.0228. The number of ether oxygens (including phenoxy) is 1. The average Bonchev–Trinajstić information content (AvgIpc) is 2.50. The van der Waals surface area contributed by atoms with E-state index in [-0.39, 0.29) is 5.78 Å². The molecule has 0 unspecified atom stereocenters. The van der Waals surface area contributed by atoms with E-state index in [4.69, 9.17) is 4.74 Å². The van der Waals surface area contributed by atoms with Crippen molar-refractivity contribution >= 4 is 17.1 Å². The van der Waals surface area contributed by atoms with Crippen molar-refractivity contribution in [2.24, 2.45) is 0 Å². The Morgan fingerprint density at radius 1 is 1.54 bits per heavy atom. The molecule has 0 saturated carbocycles. The van der Waals surface area contributed by atoms with Crippen LogP contribution in [0.25, 0.3) is 0 Å². The zero-order valence-corrected chi connectivity index (χ0v) is 9.20. The third kappa shape index (κ3) is 2.17. The van der Waals surface area contributed by atoms with Crippen LogP contribution in [0.3, 0.4) is 0 Å². The van der Waals surface area contributed by atoms with E-state index in [1.165, 1.54) is 0 Å². The SMILES string of the molecule is COC(C)(C)C(=O)c1csc(C)c1. The Morgan fingerprint density at radius 2 is 2.15 bits per heavy atom. The maximum Gasteiger partial charge on any atom is 0.194 e. The number of carbonyl (C=O) groups is 1. The molecule has 0 aliphatic rings. The minimum Gasteiger partial charge on any atom is -0.371 e. The number of rotatable bonds is 3. The molecule has 0 N–H and O–H groups in total. The monoisotopic (exact) mass is 198 g/mol. The first-order chi connectivity index (χ1) is 5.97. The lowest BCUT2D eigenvalue weighted by Gasteiger charge is -2.20. The highest BCUT2D eigenvalue weighted by Crippen LogP contribution is 2.20. The molecule has 2 nitrogen and oxygen atoms in total. The summed E-state index contributed by atoms with van der Waals surface area (Å²) in [6.45, 7) is 5.55. The average molecular weight is 198 g/mol. The number of methoxy groups -OCH3 is 1. The Morgan fingerprint density at radius 3 is 2.54 bits per heavy atom. The summed E-state index contributed by atoms with van der Waals surface area (Å²) in [5.41, 5.74) is 0.0300. The Hall–Kier alpha value is -0.670. The summed E-state index contributed by atoms with van der Waals surface area (Å²) >= 11 is 1.58. The molecular weight excluding hydrogens is 184 g/mol. The third-order valence-corrected chi connectivity index (χ3v) is 2.91. The van der Waals surface area contributed by atoms with Crippen molar-refractivity contribution in [3.05, 3.63) is 21.9 Å². The van der Waals surface area contributed by atoms with Gasteiger partial charge in [-0.1, -0.05) is 0 Å². The van der Waals surface area contributed by atoms with Crippen molar-refractivity contribution in [1.29, 1.82) is 0 Å². The summed E-state index contributed by atoms with van der Waals surface area (Å²) in [5, 5.41) is 1.87. The molecule has 1 heterocycles. The van der Waals surface area contributed by atoms with Crippen molar-refractivity contribution < 1.29 is 9.53 Å². The first kappa shape index (κ1) is 10.4.